The van der Waals surface area contributed by atoms with Crippen molar-refractivity contribution in [3.8, 4) is 5.75 Å². The van der Waals surface area contributed by atoms with Crippen molar-refractivity contribution in [2.45, 2.75) is 30.2 Å². The van der Waals surface area contributed by atoms with Crippen LogP contribution in [0.15, 0.2) is 58.5 Å². The van der Waals surface area contributed by atoms with Crippen molar-refractivity contribution in [2.75, 3.05) is 11.9 Å². The Labute approximate surface area is 176 Å². The van der Waals surface area contributed by atoms with E-state index >= 15 is 0 Å². The van der Waals surface area contributed by atoms with Crippen LogP contribution in [-0.2, 0) is 10.5 Å². The minimum absolute atomic E-state index is 0.137. The number of amides is 1. The van der Waals surface area contributed by atoms with Crippen LogP contribution in [-0.4, -0.2) is 22.5 Å². The largest absolute Gasteiger partial charge is 0.494 e. The molecule has 30 heavy (non-hydrogen) atoms. The Morgan fingerprint density at radius 2 is 2.03 bits per heavy atom. The number of thioether (sulfide) groups is 1. The molecule has 0 aliphatic carbocycles. The first-order chi connectivity index (χ1) is 14.5. The Bertz CT molecular complexity index is 1150. The lowest BCUT2D eigenvalue weighted by Gasteiger charge is -2.26. The van der Waals surface area contributed by atoms with Gasteiger partial charge in [0.25, 0.3) is 5.56 Å². The number of hydrogen-bond acceptors (Lipinski definition) is 5. The van der Waals surface area contributed by atoms with Gasteiger partial charge in [0.1, 0.15) is 17.4 Å². The minimum atomic E-state index is -0.449. The van der Waals surface area contributed by atoms with Crippen molar-refractivity contribution in [2.24, 2.45) is 0 Å². The fourth-order valence-electron chi connectivity index (χ4n) is 3.52. The maximum Gasteiger partial charge on any atom is 0.257 e. The third-order valence-electron chi connectivity index (χ3n) is 4.79. The molecular formula is C22H20FN3O3S. The molecular weight excluding hydrogens is 405 g/mol. The van der Waals surface area contributed by atoms with Gasteiger partial charge >= 0.3 is 0 Å². The number of aromatic amines is 1. The number of H-pyrrole nitrogens is 1. The first-order valence-electron chi connectivity index (χ1n) is 9.58. The molecule has 8 heteroatoms. The number of fused-ring (bicyclic) bond motifs is 1. The molecule has 0 fully saturated rings. The van der Waals surface area contributed by atoms with Crippen LogP contribution >= 0.6 is 11.8 Å². The highest BCUT2D eigenvalue weighted by atomic mass is 32.2. The van der Waals surface area contributed by atoms with Gasteiger partial charge in [-0.15, -0.1) is 0 Å². The third kappa shape index (κ3) is 4.23. The summed E-state index contributed by atoms with van der Waals surface area (Å²) in [6.45, 7) is 2.36. The van der Waals surface area contributed by atoms with Crippen LogP contribution in [0.2, 0.25) is 0 Å². The molecule has 1 aliphatic heterocycles. The standard InChI is InChI=1S/C22H20FN3O3S/c1-2-29-17-9-4-3-8-15(17)16-11-18(27)24-20-19(16)21(28)26-22(25-20)30-12-13-6-5-7-14(23)10-13/h3-10,16H,2,11-12H2,1H3,(H2,24,25,26,27,28). The van der Waals surface area contributed by atoms with Crippen LogP contribution in [0.1, 0.15) is 36.0 Å². The molecule has 2 N–H and O–H groups in total. The Hall–Kier alpha value is -3.13. The van der Waals surface area contributed by atoms with Gasteiger partial charge in [0, 0.05) is 23.7 Å². The zero-order valence-electron chi connectivity index (χ0n) is 16.3. The van der Waals surface area contributed by atoms with E-state index in [1.54, 1.807) is 12.1 Å². The lowest BCUT2D eigenvalue weighted by atomic mass is 9.86. The molecule has 1 aromatic heterocycles. The second-order valence-electron chi connectivity index (χ2n) is 6.83. The van der Waals surface area contributed by atoms with Gasteiger partial charge in [-0.2, -0.15) is 0 Å². The Kier molecular flexibility index (Phi) is 5.85. The summed E-state index contributed by atoms with van der Waals surface area (Å²) in [6, 6.07) is 13.7. The van der Waals surface area contributed by atoms with E-state index in [-0.39, 0.29) is 29.5 Å². The lowest BCUT2D eigenvalue weighted by molar-refractivity contribution is -0.116. The van der Waals surface area contributed by atoms with E-state index in [0.717, 1.165) is 11.1 Å². The number of nitrogens with one attached hydrogen (secondary N) is 2. The number of hydrogen-bond donors (Lipinski definition) is 2. The molecule has 3 aromatic rings. The average molecular weight is 425 g/mol. The molecule has 1 atom stereocenters. The monoisotopic (exact) mass is 425 g/mol. The zero-order chi connectivity index (χ0) is 21.1. The quantitative estimate of drug-likeness (QED) is 0.459. The molecule has 1 amide bonds. The number of anilines is 1. The summed E-state index contributed by atoms with van der Waals surface area (Å²) >= 11 is 1.27. The molecule has 0 saturated carbocycles. The van der Waals surface area contributed by atoms with Gasteiger partial charge in [-0.3, -0.25) is 9.59 Å². The average Bonchev–Trinajstić information content (AvgIpc) is 2.72. The van der Waals surface area contributed by atoms with Gasteiger partial charge in [-0.05, 0) is 30.7 Å². The van der Waals surface area contributed by atoms with Gasteiger partial charge in [0.2, 0.25) is 5.91 Å². The summed E-state index contributed by atoms with van der Waals surface area (Å²) in [7, 11) is 0. The van der Waals surface area contributed by atoms with Gasteiger partial charge in [0.05, 0.1) is 12.2 Å². The van der Waals surface area contributed by atoms with E-state index in [1.165, 1.54) is 23.9 Å². The molecule has 6 nitrogen and oxygen atoms in total. The molecule has 0 bridgehead atoms. The fourth-order valence-corrected chi connectivity index (χ4v) is 4.32. The van der Waals surface area contributed by atoms with E-state index in [9.17, 15) is 14.0 Å². The number of nitrogens with zero attached hydrogens (tertiary/aromatic N) is 1. The van der Waals surface area contributed by atoms with Crippen molar-refractivity contribution in [3.63, 3.8) is 0 Å². The maximum atomic E-state index is 13.4. The predicted octanol–water partition coefficient (Wildman–Crippen LogP) is 4.07. The number of halogens is 1. The number of ether oxygens (including phenoxy) is 1. The van der Waals surface area contributed by atoms with E-state index in [4.69, 9.17) is 4.74 Å². The van der Waals surface area contributed by atoms with Gasteiger partial charge in [-0.1, -0.05) is 42.1 Å². The fraction of sp³-hybridized carbons (Fsp3) is 0.227. The molecule has 1 unspecified atom stereocenters. The highest BCUT2D eigenvalue weighted by molar-refractivity contribution is 7.98. The summed E-state index contributed by atoms with van der Waals surface area (Å²) in [5.41, 5.74) is 1.66. The van der Waals surface area contributed by atoms with Crippen LogP contribution < -0.4 is 15.6 Å². The van der Waals surface area contributed by atoms with E-state index in [1.807, 2.05) is 31.2 Å². The summed E-state index contributed by atoms with van der Waals surface area (Å²) in [5.74, 6) is 0.364. The van der Waals surface area contributed by atoms with E-state index < -0.39 is 5.92 Å². The molecule has 0 spiro atoms. The van der Waals surface area contributed by atoms with E-state index in [2.05, 4.69) is 15.3 Å². The normalized spacial score (nSPS) is 15.4. The summed E-state index contributed by atoms with van der Waals surface area (Å²) in [6.07, 6.45) is 0.137. The van der Waals surface area contributed by atoms with Crippen LogP contribution in [0.3, 0.4) is 0 Å². The van der Waals surface area contributed by atoms with Crippen LogP contribution in [0.5, 0.6) is 5.75 Å². The number of para-hydroxylation sites is 1. The topological polar surface area (TPSA) is 84.1 Å². The van der Waals surface area contributed by atoms with Gasteiger partial charge < -0.3 is 15.0 Å². The second-order valence-corrected chi connectivity index (χ2v) is 7.79. The molecule has 0 radical (unpaired) electrons. The molecule has 2 aromatic carbocycles. The van der Waals surface area contributed by atoms with Crippen molar-refractivity contribution in [1.29, 1.82) is 0 Å². The number of carbonyl (C=O) groups is 1. The minimum Gasteiger partial charge on any atom is -0.494 e. The van der Waals surface area contributed by atoms with Gasteiger partial charge in [-0.25, -0.2) is 9.37 Å². The second kappa shape index (κ2) is 8.71. The molecule has 2 heterocycles. The number of rotatable bonds is 6. The maximum absolute atomic E-state index is 13.4. The summed E-state index contributed by atoms with van der Waals surface area (Å²) < 4.78 is 19.1. The highest BCUT2D eigenvalue weighted by Crippen LogP contribution is 2.38. The number of benzene rings is 2. The highest BCUT2D eigenvalue weighted by Gasteiger charge is 2.32. The molecule has 154 valence electrons. The van der Waals surface area contributed by atoms with Crippen molar-refractivity contribution < 1.29 is 13.9 Å². The Morgan fingerprint density at radius 1 is 1.20 bits per heavy atom. The smallest absolute Gasteiger partial charge is 0.257 e. The summed E-state index contributed by atoms with van der Waals surface area (Å²) in [5, 5.41) is 3.08. The van der Waals surface area contributed by atoms with Gasteiger partial charge in [0.15, 0.2) is 5.16 Å². The van der Waals surface area contributed by atoms with Crippen molar-refractivity contribution >= 4 is 23.5 Å². The van der Waals surface area contributed by atoms with Crippen LogP contribution in [0.4, 0.5) is 10.2 Å². The first kappa shape index (κ1) is 20.2. The molecule has 0 saturated heterocycles. The van der Waals surface area contributed by atoms with E-state index in [0.29, 0.717) is 28.8 Å². The van der Waals surface area contributed by atoms with Crippen molar-refractivity contribution in [1.82, 2.24) is 9.97 Å². The Morgan fingerprint density at radius 3 is 2.83 bits per heavy atom. The van der Waals surface area contributed by atoms with Crippen LogP contribution in [0, 0.1) is 5.82 Å². The SMILES string of the molecule is CCOc1ccccc1C1CC(=O)Nc2nc(SCc3cccc(F)c3)[nH]c(=O)c21. The van der Waals surface area contributed by atoms with Crippen LogP contribution in [0.25, 0.3) is 0 Å². The first-order valence-corrected chi connectivity index (χ1v) is 10.6. The number of carbonyl (C=O) groups excluding carboxylic acids is 1. The number of aromatic nitrogens is 2. The predicted molar refractivity (Wildman–Crippen MR) is 114 cm³/mol. The molecule has 1 aliphatic rings. The van der Waals surface area contributed by atoms with Crippen molar-refractivity contribution in [3.05, 3.63) is 81.4 Å². The summed E-state index contributed by atoms with van der Waals surface area (Å²) in [4.78, 5) is 32.6. The third-order valence-corrected chi connectivity index (χ3v) is 5.73. The zero-order valence-corrected chi connectivity index (χ0v) is 17.1. The molecule has 4 rings (SSSR count). The lowest BCUT2D eigenvalue weighted by Crippen LogP contribution is -2.31. The Balaban J connectivity index is 1.67.